The second-order valence-electron chi connectivity index (χ2n) is 7.81. The molecule has 3 saturated heterocycles. The monoisotopic (exact) mass is 350 g/mol. The van der Waals surface area contributed by atoms with Gasteiger partial charge in [-0.15, -0.1) is 0 Å². The Kier molecular flexibility index (Phi) is 6.00. The van der Waals surface area contributed by atoms with Gasteiger partial charge in [0.1, 0.15) is 0 Å². The second kappa shape index (κ2) is 8.81. The number of hydrogen-bond acceptors (Lipinski definition) is 3. The Morgan fingerprint density at radius 3 is 2.31 bits per heavy atom. The van der Waals surface area contributed by atoms with Gasteiger partial charge in [-0.3, -0.25) is 9.80 Å². The summed E-state index contributed by atoms with van der Waals surface area (Å²) in [6.07, 6.45) is 2.73. The number of ether oxygens (including phenoxy) is 1. The van der Waals surface area contributed by atoms with Crippen LogP contribution in [0.3, 0.4) is 0 Å². The van der Waals surface area contributed by atoms with Crippen LogP contribution in [0.5, 0.6) is 0 Å². The summed E-state index contributed by atoms with van der Waals surface area (Å²) in [5.41, 5.74) is 2.70. The molecule has 0 radical (unpaired) electrons. The van der Waals surface area contributed by atoms with Crippen LogP contribution in [-0.2, 0) is 17.9 Å². The normalized spacial score (nSPS) is 23.8. The van der Waals surface area contributed by atoms with E-state index in [4.69, 9.17) is 4.74 Å². The van der Waals surface area contributed by atoms with Crippen molar-refractivity contribution in [1.29, 1.82) is 0 Å². The van der Waals surface area contributed by atoms with Gasteiger partial charge in [-0.25, -0.2) is 0 Å². The van der Waals surface area contributed by atoms with Crippen LogP contribution in [-0.4, -0.2) is 48.6 Å². The number of nitrogens with zero attached hydrogens (tertiary/aromatic N) is 2. The summed E-state index contributed by atoms with van der Waals surface area (Å²) in [4.78, 5) is 5.35. The Bertz CT molecular complexity index is 660. The maximum absolute atomic E-state index is 5.92. The van der Waals surface area contributed by atoms with E-state index in [1.165, 1.54) is 43.6 Å². The fourth-order valence-corrected chi connectivity index (χ4v) is 4.43. The van der Waals surface area contributed by atoms with Gasteiger partial charge in [0.15, 0.2) is 0 Å². The molecule has 138 valence electrons. The van der Waals surface area contributed by atoms with Crippen LogP contribution >= 0.6 is 0 Å². The first-order valence-corrected chi connectivity index (χ1v) is 9.99. The van der Waals surface area contributed by atoms with Crippen molar-refractivity contribution >= 4 is 0 Å². The van der Waals surface area contributed by atoms with Gasteiger partial charge in [-0.05, 0) is 29.9 Å². The van der Waals surface area contributed by atoms with E-state index in [9.17, 15) is 0 Å². The molecule has 2 bridgehead atoms. The lowest BCUT2D eigenvalue weighted by Gasteiger charge is -2.36. The molecular weight excluding hydrogens is 320 g/mol. The first-order valence-electron chi connectivity index (χ1n) is 9.99. The minimum atomic E-state index is 0.697. The Balaban J connectivity index is 1.26. The summed E-state index contributed by atoms with van der Waals surface area (Å²) in [7, 11) is 0. The molecule has 0 amide bonds. The highest BCUT2D eigenvalue weighted by atomic mass is 16.5. The third-order valence-electron chi connectivity index (χ3n) is 5.79. The Labute approximate surface area is 157 Å². The highest BCUT2D eigenvalue weighted by Crippen LogP contribution is 2.29. The van der Waals surface area contributed by atoms with Crippen molar-refractivity contribution in [2.75, 3.05) is 32.8 Å². The Morgan fingerprint density at radius 2 is 1.54 bits per heavy atom. The quantitative estimate of drug-likeness (QED) is 0.707. The van der Waals surface area contributed by atoms with Gasteiger partial charge in [-0.1, -0.05) is 60.7 Å². The molecule has 0 N–H and O–H groups in total. The van der Waals surface area contributed by atoms with Crippen molar-refractivity contribution in [3.63, 3.8) is 0 Å². The largest absolute Gasteiger partial charge is 0.375 e. The first-order chi connectivity index (χ1) is 12.9. The molecule has 5 rings (SSSR count). The third-order valence-corrected chi connectivity index (χ3v) is 5.79. The van der Waals surface area contributed by atoms with Gasteiger partial charge in [0.25, 0.3) is 0 Å². The SMILES string of the molecule is c1ccc(COCCN2C[C@H]3CC[C@@H](C2)N(Cc2ccccc2)C3)cc1. The summed E-state index contributed by atoms with van der Waals surface area (Å²) in [6.45, 7) is 7.38. The number of rotatable bonds is 7. The van der Waals surface area contributed by atoms with E-state index in [2.05, 4.69) is 70.5 Å². The summed E-state index contributed by atoms with van der Waals surface area (Å²) < 4.78 is 5.92. The molecule has 3 nitrogen and oxygen atoms in total. The minimum absolute atomic E-state index is 0.697. The van der Waals surface area contributed by atoms with Gasteiger partial charge in [-0.2, -0.15) is 0 Å². The zero-order valence-corrected chi connectivity index (χ0v) is 15.6. The van der Waals surface area contributed by atoms with Gasteiger partial charge in [0.05, 0.1) is 13.2 Å². The predicted octanol–water partition coefficient (Wildman–Crippen LogP) is 3.80. The van der Waals surface area contributed by atoms with Crippen LogP contribution in [0.25, 0.3) is 0 Å². The van der Waals surface area contributed by atoms with E-state index in [-0.39, 0.29) is 0 Å². The molecule has 0 saturated carbocycles. The van der Waals surface area contributed by atoms with Crippen LogP contribution in [0.2, 0.25) is 0 Å². The molecule has 0 unspecified atom stereocenters. The Hall–Kier alpha value is -1.68. The summed E-state index contributed by atoms with van der Waals surface area (Å²) in [5, 5.41) is 0. The average molecular weight is 351 g/mol. The number of piperidine rings is 1. The first kappa shape index (κ1) is 17.7. The van der Waals surface area contributed by atoms with Crippen molar-refractivity contribution in [1.82, 2.24) is 9.80 Å². The van der Waals surface area contributed by atoms with Gasteiger partial charge in [0.2, 0.25) is 0 Å². The number of benzene rings is 2. The standard InChI is InChI=1S/C23H30N2O/c1-3-7-20(8-4-1)16-25-17-22-11-12-23(25)18-24(15-22)13-14-26-19-21-9-5-2-6-10-21/h1-10,22-23H,11-19H2/t22-,23+/m1/s1. The lowest BCUT2D eigenvalue weighted by Crippen LogP contribution is -2.43. The lowest BCUT2D eigenvalue weighted by molar-refractivity contribution is 0.0880. The molecule has 2 atom stereocenters. The second-order valence-corrected chi connectivity index (χ2v) is 7.81. The number of fused-ring (bicyclic) bond motifs is 4. The van der Waals surface area contributed by atoms with E-state index >= 15 is 0 Å². The third kappa shape index (κ3) is 4.73. The molecule has 0 spiro atoms. The summed E-state index contributed by atoms with van der Waals surface area (Å²) >= 11 is 0. The summed E-state index contributed by atoms with van der Waals surface area (Å²) in [5.74, 6) is 0.812. The van der Waals surface area contributed by atoms with E-state index in [1.807, 2.05) is 0 Å². The van der Waals surface area contributed by atoms with E-state index < -0.39 is 0 Å². The molecule has 0 aliphatic carbocycles. The van der Waals surface area contributed by atoms with Crippen LogP contribution in [0, 0.1) is 5.92 Å². The molecule has 2 aromatic carbocycles. The van der Waals surface area contributed by atoms with Crippen molar-refractivity contribution in [3.8, 4) is 0 Å². The molecule has 3 heteroatoms. The fraction of sp³-hybridized carbons (Fsp3) is 0.478. The van der Waals surface area contributed by atoms with Gasteiger partial charge < -0.3 is 4.74 Å². The maximum atomic E-state index is 5.92. The molecule has 0 aromatic heterocycles. The predicted molar refractivity (Wildman–Crippen MR) is 106 cm³/mol. The highest BCUT2D eigenvalue weighted by molar-refractivity contribution is 5.15. The molecular formula is C23H30N2O. The molecule has 3 fully saturated rings. The highest BCUT2D eigenvalue weighted by Gasteiger charge is 2.34. The molecule has 2 aromatic rings. The molecule has 3 heterocycles. The van der Waals surface area contributed by atoms with Crippen molar-refractivity contribution in [2.45, 2.75) is 32.0 Å². The van der Waals surface area contributed by atoms with Gasteiger partial charge in [0, 0.05) is 38.8 Å². The van der Waals surface area contributed by atoms with Crippen molar-refractivity contribution < 1.29 is 4.74 Å². The maximum Gasteiger partial charge on any atom is 0.0717 e. The summed E-state index contributed by atoms with van der Waals surface area (Å²) in [6, 6.07) is 22.1. The fourth-order valence-electron chi connectivity index (χ4n) is 4.43. The van der Waals surface area contributed by atoms with Crippen LogP contribution in [0.15, 0.2) is 60.7 Å². The number of hydrogen-bond donors (Lipinski definition) is 0. The lowest BCUT2D eigenvalue weighted by atomic mass is 9.94. The zero-order valence-electron chi connectivity index (χ0n) is 15.6. The van der Waals surface area contributed by atoms with E-state index in [0.717, 1.165) is 32.2 Å². The van der Waals surface area contributed by atoms with Crippen molar-refractivity contribution in [3.05, 3.63) is 71.8 Å². The molecule has 3 aliphatic heterocycles. The zero-order chi connectivity index (χ0) is 17.6. The van der Waals surface area contributed by atoms with Crippen LogP contribution in [0.4, 0.5) is 0 Å². The molecule has 26 heavy (non-hydrogen) atoms. The molecule has 3 aliphatic rings. The smallest absolute Gasteiger partial charge is 0.0717 e. The Morgan fingerprint density at radius 1 is 0.808 bits per heavy atom. The van der Waals surface area contributed by atoms with Crippen molar-refractivity contribution in [2.24, 2.45) is 5.92 Å². The van der Waals surface area contributed by atoms with Crippen LogP contribution in [0.1, 0.15) is 24.0 Å². The minimum Gasteiger partial charge on any atom is -0.375 e. The topological polar surface area (TPSA) is 15.7 Å². The van der Waals surface area contributed by atoms with Crippen LogP contribution < -0.4 is 0 Å². The van der Waals surface area contributed by atoms with E-state index in [1.54, 1.807) is 0 Å². The average Bonchev–Trinajstić information content (AvgIpc) is 2.98. The van der Waals surface area contributed by atoms with E-state index in [0.29, 0.717) is 6.04 Å². The van der Waals surface area contributed by atoms with Gasteiger partial charge >= 0.3 is 0 Å².